The van der Waals surface area contributed by atoms with Crippen LogP contribution in [0.4, 0.5) is 6.01 Å². The number of hydrogen-bond donors (Lipinski definition) is 2. The second-order valence-corrected chi connectivity index (χ2v) is 5.39. The SMILES string of the molecule is Cc1ccc2oc(NC(C)(C)CCC(=O)O)nc2c1. The molecule has 0 aliphatic rings. The van der Waals surface area contributed by atoms with Gasteiger partial charge in [-0.05, 0) is 44.9 Å². The van der Waals surface area contributed by atoms with E-state index in [0.717, 1.165) is 16.7 Å². The highest BCUT2D eigenvalue weighted by Crippen LogP contribution is 2.24. The molecule has 0 aliphatic heterocycles. The molecular weight excluding hydrogens is 244 g/mol. The highest BCUT2D eigenvalue weighted by atomic mass is 16.4. The van der Waals surface area contributed by atoms with E-state index in [2.05, 4.69) is 10.3 Å². The number of hydrogen-bond acceptors (Lipinski definition) is 4. The summed E-state index contributed by atoms with van der Waals surface area (Å²) in [6, 6.07) is 6.23. The molecule has 102 valence electrons. The lowest BCUT2D eigenvalue weighted by molar-refractivity contribution is -0.137. The van der Waals surface area contributed by atoms with E-state index in [4.69, 9.17) is 9.52 Å². The summed E-state index contributed by atoms with van der Waals surface area (Å²) in [5.41, 5.74) is 2.27. The van der Waals surface area contributed by atoms with Crippen molar-refractivity contribution in [2.24, 2.45) is 0 Å². The average molecular weight is 262 g/mol. The van der Waals surface area contributed by atoms with Crippen molar-refractivity contribution in [2.45, 2.75) is 39.2 Å². The van der Waals surface area contributed by atoms with E-state index < -0.39 is 5.97 Å². The summed E-state index contributed by atoms with van der Waals surface area (Å²) in [5, 5.41) is 11.9. The molecule has 0 fully saturated rings. The Morgan fingerprint density at radius 3 is 2.89 bits per heavy atom. The van der Waals surface area contributed by atoms with E-state index in [1.54, 1.807) is 0 Å². The van der Waals surface area contributed by atoms with E-state index in [-0.39, 0.29) is 12.0 Å². The molecule has 1 heterocycles. The van der Waals surface area contributed by atoms with Gasteiger partial charge < -0.3 is 14.8 Å². The minimum atomic E-state index is -0.803. The van der Waals surface area contributed by atoms with Crippen molar-refractivity contribution in [1.82, 2.24) is 4.98 Å². The highest BCUT2D eigenvalue weighted by molar-refractivity contribution is 5.75. The summed E-state index contributed by atoms with van der Waals surface area (Å²) in [4.78, 5) is 15.0. The van der Waals surface area contributed by atoms with Crippen molar-refractivity contribution in [2.75, 3.05) is 5.32 Å². The fraction of sp³-hybridized carbons (Fsp3) is 0.429. The van der Waals surface area contributed by atoms with E-state index >= 15 is 0 Å². The highest BCUT2D eigenvalue weighted by Gasteiger charge is 2.21. The predicted molar refractivity (Wildman–Crippen MR) is 73.3 cm³/mol. The van der Waals surface area contributed by atoms with Crippen LogP contribution in [0.3, 0.4) is 0 Å². The van der Waals surface area contributed by atoms with Gasteiger partial charge in [0, 0.05) is 12.0 Å². The number of oxazole rings is 1. The monoisotopic (exact) mass is 262 g/mol. The minimum Gasteiger partial charge on any atom is -0.481 e. The molecule has 0 radical (unpaired) electrons. The molecule has 2 aromatic rings. The number of carbonyl (C=O) groups is 1. The van der Waals surface area contributed by atoms with Crippen molar-refractivity contribution < 1.29 is 14.3 Å². The largest absolute Gasteiger partial charge is 0.481 e. The van der Waals surface area contributed by atoms with Gasteiger partial charge in [0.1, 0.15) is 5.52 Å². The van der Waals surface area contributed by atoms with Gasteiger partial charge >= 0.3 is 5.97 Å². The van der Waals surface area contributed by atoms with Gasteiger partial charge in [0.25, 0.3) is 6.01 Å². The molecule has 0 bridgehead atoms. The molecule has 5 nitrogen and oxygen atoms in total. The van der Waals surface area contributed by atoms with Crippen LogP contribution in [0.2, 0.25) is 0 Å². The third-order valence-corrected chi connectivity index (χ3v) is 2.95. The van der Waals surface area contributed by atoms with Crippen LogP contribution in [0, 0.1) is 6.92 Å². The molecule has 19 heavy (non-hydrogen) atoms. The molecule has 1 aromatic heterocycles. The maximum absolute atomic E-state index is 10.6. The number of aryl methyl sites for hydroxylation is 1. The fourth-order valence-electron chi connectivity index (χ4n) is 1.86. The Hall–Kier alpha value is -2.04. The Labute approximate surface area is 111 Å². The van der Waals surface area contributed by atoms with Crippen molar-refractivity contribution >= 4 is 23.1 Å². The normalized spacial score (nSPS) is 11.7. The second-order valence-electron chi connectivity index (χ2n) is 5.39. The second kappa shape index (κ2) is 4.91. The molecule has 0 aliphatic carbocycles. The van der Waals surface area contributed by atoms with Crippen LogP contribution in [0.25, 0.3) is 11.1 Å². The number of anilines is 1. The van der Waals surface area contributed by atoms with Gasteiger partial charge in [-0.25, -0.2) is 0 Å². The lowest BCUT2D eigenvalue weighted by Crippen LogP contribution is -2.31. The van der Waals surface area contributed by atoms with Crippen molar-refractivity contribution in [3.8, 4) is 0 Å². The van der Waals surface area contributed by atoms with Crippen LogP contribution >= 0.6 is 0 Å². The van der Waals surface area contributed by atoms with Crippen LogP contribution in [-0.4, -0.2) is 21.6 Å². The number of fused-ring (bicyclic) bond motifs is 1. The zero-order chi connectivity index (χ0) is 14.0. The minimum absolute atomic E-state index is 0.110. The van der Waals surface area contributed by atoms with Crippen molar-refractivity contribution in [3.63, 3.8) is 0 Å². The smallest absolute Gasteiger partial charge is 0.303 e. The van der Waals surface area contributed by atoms with Gasteiger partial charge in [-0.3, -0.25) is 4.79 Å². The van der Waals surface area contributed by atoms with Crippen LogP contribution in [0.5, 0.6) is 0 Å². The average Bonchev–Trinajstić information content (AvgIpc) is 2.67. The van der Waals surface area contributed by atoms with Crippen molar-refractivity contribution in [3.05, 3.63) is 23.8 Å². The zero-order valence-corrected chi connectivity index (χ0v) is 11.4. The maximum Gasteiger partial charge on any atom is 0.303 e. The number of aliphatic carboxylic acids is 1. The molecule has 5 heteroatoms. The first-order valence-electron chi connectivity index (χ1n) is 6.23. The summed E-state index contributed by atoms with van der Waals surface area (Å²) >= 11 is 0. The summed E-state index contributed by atoms with van der Waals surface area (Å²) in [6.45, 7) is 5.85. The Kier molecular flexibility index (Phi) is 3.46. The number of aromatic nitrogens is 1. The zero-order valence-electron chi connectivity index (χ0n) is 11.4. The van der Waals surface area contributed by atoms with Gasteiger partial charge in [-0.15, -0.1) is 0 Å². The van der Waals surface area contributed by atoms with E-state index in [1.165, 1.54) is 0 Å². The predicted octanol–water partition coefficient (Wildman–Crippen LogP) is 3.19. The number of carboxylic acids is 1. The van der Waals surface area contributed by atoms with Crippen LogP contribution in [0.15, 0.2) is 22.6 Å². The molecule has 1 aromatic carbocycles. The number of nitrogens with one attached hydrogen (secondary N) is 1. The Morgan fingerprint density at radius 1 is 1.47 bits per heavy atom. The third kappa shape index (κ3) is 3.47. The molecule has 0 unspecified atom stereocenters. The van der Waals surface area contributed by atoms with E-state index in [9.17, 15) is 4.79 Å². The molecule has 0 spiro atoms. The van der Waals surface area contributed by atoms with Gasteiger partial charge in [0.15, 0.2) is 5.58 Å². The molecule has 2 N–H and O–H groups in total. The van der Waals surface area contributed by atoms with Gasteiger partial charge in [0.2, 0.25) is 0 Å². The van der Waals surface area contributed by atoms with Gasteiger partial charge in [-0.1, -0.05) is 6.07 Å². The Bertz CT molecular complexity index is 602. The summed E-state index contributed by atoms with van der Waals surface area (Å²) in [7, 11) is 0. The van der Waals surface area contributed by atoms with Gasteiger partial charge in [0.05, 0.1) is 0 Å². The van der Waals surface area contributed by atoms with Gasteiger partial charge in [-0.2, -0.15) is 4.98 Å². The number of benzene rings is 1. The third-order valence-electron chi connectivity index (χ3n) is 2.95. The summed E-state index contributed by atoms with van der Waals surface area (Å²) in [5.74, 6) is -0.803. The summed E-state index contributed by atoms with van der Waals surface area (Å²) in [6.07, 6.45) is 0.611. The number of carboxylic acid groups (broad SMARTS) is 1. The molecular formula is C14H18N2O3. The maximum atomic E-state index is 10.6. The quantitative estimate of drug-likeness (QED) is 0.865. The molecule has 2 rings (SSSR count). The lowest BCUT2D eigenvalue weighted by Gasteiger charge is -2.24. The van der Waals surface area contributed by atoms with Crippen LogP contribution in [-0.2, 0) is 4.79 Å². The van der Waals surface area contributed by atoms with E-state index in [1.807, 2.05) is 39.0 Å². The summed E-state index contributed by atoms with van der Waals surface area (Å²) < 4.78 is 5.60. The topological polar surface area (TPSA) is 75.4 Å². The lowest BCUT2D eigenvalue weighted by atomic mass is 9.99. The van der Waals surface area contributed by atoms with Crippen LogP contribution in [0.1, 0.15) is 32.3 Å². The standard InChI is InChI=1S/C14H18N2O3/c1-9-4-5-11-10(8-9)15-13(19-11)16-14(2,3)7-6-12(17)18/h4-5,8H,6-7H2,1-3H3,(H,15,16)(H,17,18). The van der Waals surface area contributed by atoms with Crippen LogP contribution < -0.4 is 5.32 Å². The fourth-order valence-corrected chi connectivity index (χ4v) is 1.86. The first-order chi connectivity index (χ1) is 8.85. The molecule has 0 atom stereocenters. The number of nitrogens with zero attached hydrogens (tertiary/aromatic N) is 1. The molecule has 0 amide bonds. The Morgan fingerprint density at radius 2 is 2.21 bits per heavy atom. The molecule has 0 saturated carbocycles. The van der Waals surface area contributed by atoms with E-state index in [0.29, 0.717) is 12.4 Å². The Balaban J connectivity index is 2.14. The molecule has 0 saturated heterocycles. The van der Waals surface area contributed by atoms with Crippen molar-refractivity contribution in [1.29, 1.82) is 0 Å². The number of rotatable bonds is 5. The first-order valence-corrected chi connectivity index (χ1v) is 6.23. The first kappa shape index (κ1) is 13.4.